The van der Waals surface area contributed by atoms with Gasteiger partial charge in [0.25, 0.3) is 17.4 Å². The summed E-state index contributed by atoms with van der Waals surface area (Å²) in [6.45, 7) is 2.41. The number of rotatable bonds is 4. The number of aliphatic hydroxyl groups is 1. The lowest BCUT2D eigenvalue weighted by Crippen LogP contribution is -2.41. The van der Waals surface area contributed by atoms with Crippen LogP contribution in [0.25, 0.3) is 10.1 Å². The Bertz CT molecular complexity index is 1160. The number of nitrogens with one attached hydrogen (secondary N) is 1. The molecule has 0 aliphatic carbocycles. The molecule has 0 fully saturated rings. The van der Waals surface area contributed by atoms with E-state index in [9.17, 15) is 19.5 Å². The number of aliphatic hydroxyl groups excluding tert-OH is 1. The maximum Gasteiger partial charge on any atom is 0.264 e. The summed E-state index contributed by atoms with van der Waals surface area (Å²) in [6, 6.07) is 9.80. The van der Waals surface area contributed by atoms with E-state index < -0.39 is 12.0 Å². The van der Waals surface area contributed by atoms with Gasteiger partial charge in [0.05, 0.1) is 11.0 Å². The first-order chi connectivity index (χ1) is 14.3. The van der Waals surface area contributed by atoms with Gasteiger partial charge in [0, 0.05) is 37.6 Å². The Labute approximate surface area is 177 Å². The van der Waals surface area contributed by atoms with Gasteiger partial charge in [0.1, 0.15) is 5.56 Å². The summed E-state index contributed by atoms with van der Waals surface area (Å²) < 4.78 is 2.45. The van der Waals surface area contributed by atoms with Gasteiger partial charge in [-0.1, -0.05) is 18.2 Å². The van der Waals surface area contributed by atoms with E-state index in [1.54, 1.807) is 25.1 Å². The van der Waals surface area contributed by atoms with Crippen molar-refractivity contribution in [2.24, 2.45) is 7.05 Å². The van der Waals surface area contributed by atoms with Gasteiger partial charge in [0.2, 0.25) is 0 Å². The van der Waals surface area contributed by atoms with Crippen LogP contribution in [0.3, 0.4) is 0 Å². The van der Waals surface area contributed by atoms with E-state index in [1.165, 1.54) is 15.9 Å². The Kier molecular flexibility index (Phi) is 5.44. The van der Waals surface area contributed by atoms with Crippen LogP contribution in [0.2, 0.25) is 0 Å². The molecule has 0 saturated heterocycles. The molecule has 1 aliphatic heterocycles. The fraction of sp³-hybridized carbons (Fsp3) is 0.318. The van der Waals surface area contributed by atoms with Crippen LogP contribution in [0.4, 0.5) is 0 Å². The molecule has 3 heterocycles. The van der Waals surface area contributed by atoms with E-state index in [0.29, 0.717) is 30.0 Å². The van der Waals surface area contributed by atoms with E-state index in [-0.39, 0.29) is 23.6 Å². The Morgan fingerprint density at radius 1 is 1.30 bits per heavy atom. The van der Waals surface area contributed by atoms with Crippen LogP contribution in [0.15, 0.2) is 41.3 Å². The number of pyridine rings is 1. The van der Waals surface area contributed by atoms with E-state index in [1.807, 2.05) is 30.3 Å². The van der Waals surface area contributed by atoms with Crippen molar-refractivity contribution in [1.82, 2.24) is 14.8 Å². The average Bonchev–Trinajstić information content (AvgIpc) is 3.16. The predicted octanol–water partition coefficient (Wildman–Crippen LogP) is 1.91. The molecule has 2 aromatic heterocycles. The highest BCUT2D eigenvalue weighted by molar-refractivity contribution is 7.20. The molecule has 1 aliphatic rings. The first-order valence-electron chi connectivity index (χ1n) is 9.80. The molecule has 30 heavy (non-hydrogen) atoms. The van der Waals surface area contributed by atoms with Crippen LogP contribution >= 0.6 is 11.3 Å². The van der Waals surface area contributed by atoms with Gasteiger partial charge in [-0.05, 0) is 42.0 Å². The number of amides is 2. The Morgan fingerprint density at radius 3 is 2.80 bits per heavy atom. The van der Waals surface area contributed by atoms with Gasteiger partial charge >= 0.3 is 0 Å². The lowest BCUT2D eigenvalue weighted by molar-refractivity contribution is 0.0739. The second-order valence-electron chi connectivity index (χ2n) is 7.61. The number of benzene rings is 1. The zero-order valence-electron chi connectivity index (χ0n) is 16.8. The number of hydrogen-bond acceptors (Lipinski definition) is 5. The van der Waals surface area contributed by atoms with Crippen LogP contribution < -0.4 is 10.9 Å². The van der Waals surface area contributed by atoms with Crippen LogP contribution in [0, 0.1) is 0 Å². The maximum atomic E-state index is 13.1. The molecule has 1 unspecified atom stereocenters. The molecule has 1 aromatic carbocycles. The Hall–Kier alpha value is -2.97. The van der Waals surface area contributed by atoms with Crippen molar-refractivity contribution in [1.29, 1.82) is 0 Å². The normalized spacial score (nSPS) is 14.4. The predicted molar refractivity (Wildman–Crippen MR) is 116 cm³/mol. The van der Waals surface area contributed by atoms with Gasteiger partial charge in [-0.2, -0.15) is 0 Å². The number of carbonyl (C=O) groups excluding carboxylic acids is 2. The topological polar surface area (TPSA) is 91.6 Å². The maximum absolute atomic E-state index is 13.1. The van der Waals surface area contributed by atoms with Crippen LogP contribution in [0.1, 0.15) is 38.1 Å². The minimum Gasteiger partial charge on any atom is -0.392 e. The van der Waals surface area contributed by atoms with Crippen molar-refractivity contribution >= 4 is 33.2 Å². The molecule has 1 atom stereocenters. The molecule has 7 nitrogen and oxygen atoms in total. The quantitative estimate of drug-likeness (QED) is 0.668. The zero-order chi connectivity index (χ0) is 21.4. The van der Waals surface area contributed by atoms with E-state index in [4.69, 9.17) is 0 Å². The van der Waals surface area contributed by atoms with Crippen molar-refractivity contribution in [3.05, 3.63) is 68.4 Å². The minimum atomic E-state index is -0.702. The fourth-order valence-electron chi connectivity index (χ4n) is 3.77. The second-order valence-corrected chi connectivity index (χ2v) is 8.69. The molecular weight excluding hydrogens is 402 g/mol. The molecule has 2 amide bonds. The third-order valence-electron chi connectivity index (χ3n) is 5.27. The van der Waals surface area contributed by atoms with Crippen LogP contribution in [-0.4, -0.2) is 45.6 Å². The number of carbonyl (C=O) groups is 2. The molecular formula is C22H23N3O4S. The monoisotopic (exact) mass is 425 g/mol. The number of hydrogen-bond donors (Lipinski definition) is 2. The SMILES string of the molecule is CC(O)CNC(=O)c1c2c(cn(C)c1=O)CN(C(=O)c1cc3ccccc3s1)CC2. The number of aryl methyl sites for hydroxylation is 1. The van der Waals surface area contributed by atoms with Crippen molar-refractivity contribution in [2.45, 2.75) is 26.0 Å². The summed E-state index contributed by atoms with van der Waals surface area (Å²) in [7, 11) is 1.60. The summed E-state index contributed by atoms with van der Waals surface area (Å²) >= 11 is 1.47. The number of thiophene rings is 1. The summed E-state index contributed by atoms with van der Waals surface area (Å²) in [6.07, 6.45) is 1.43. The fourth-order valence-corrected chi connectivity index (χ4v) is 4.80. The molecule has 8 heteroatoms. The molecule has 0 saturated carbocycles. The number of fused-ring (bicyclic) bond motifs is 2. The van der Waals surface area contributed by atoms with Gasteiger partial charge in [-0.15, -0.1) is 11.3 Å². The first-order valence-corrected chi connectivity index (χ1v) is 10.6. The first kappa shape index (κ1) is 20.3. The minimum absolute atomic E-state index is 0.0455. The van der Waals surface area contributed by atoms with Gasteiger partial charge < -0.3 is 19.9 Å². The van der Waals surface area contributed by atoms with Crippen molar-refractivity contribution in [3.8, 4) is 0 Å². The summed E-state index contributed by atoms with van der Waals surface area (Å²) in [5.41, 5.74) is 1.20. The molecule has 0 radical (unpaired) electrons. The Balaban J connectivity index is 1.62. The smallest absolute Gasteiger partial charge is 0.264 e. The van der Waals surface area contributed by atoms with Crippen molar-refractivity contribution in [2.75, 3.05) is 13.1 Å². The molecule has 2 N–H and O–H groups in total. The average molecular weight is 426 g/mol. The lowest BCUT2D eigenvalue weighted by atomic mass is 9.96. The molecule has 0 bridgehead atoms. The second kappa shape index (κ2) is 8.04. The standard InChI is InChI=1S/C22H23N3O4S/c1-13(26)10-23-20(27)19-16-7-8-25(12-15(16)11-24(2)22(19)29)21(28)18-9-14-5-3-4-6-17(14)30-18/h3-6,9,11,13,26H,7-8,10,12H2,1-2H3,(H,23,27). The molecule has 4 rings (SSSR count). The number of aromatic nitrogens is 1. The summed E-state index contributed by atoms with van der Waals surface area (Å²) in [5, 5.41) is 13.1. The highest BCUT2D eigenvalue weighted by Gasteiger charge is 2.28. The summed E-state index contributed by atoms with van der Waals surface area (Å²) in [5.74, 6) is -0.534. The largest absolute Gasteiger partial charge is 0.392 e. The lowest BCUT2D eigenvalue weighted by Gasteiger charge is -2.30. The summed E-state index contributed by atoms with van der Waals surface area (Å²) in [4.78, 5) is 40.8. The highest BCUT2D eigenvalue weighted by Crippen LogP contribution is 2.28. The third kappa shape index (κ3) is 3.76. The van der Waals surface area contributed by atoms with Gasteiger partial charge in [-0.25, -0.2) is 0 Å². The molecule has 0 spiro atoms. The van der Waals surface area contributed by atoms with Gasteiger partial charge in [0.15, 0.2) is 0 Å². The van der Waals surface area contributed by atoms with Gasteiger partial charge in [-0.3, -0.25) is 14.4 Å². The Morgan fingerprint density at radius 2 is 2.07 bits per heavy atom. The van der Waals surface area contributed by atoms with E-state index in [2.05, 4.69) is 5.32 Å². The van der Waals surface area contributed by atoms with Crippen molar-refractivity contribution < 1.29 is 14.7 Å². The zero-order valence-corrected chi connectivity index (χ0v) is 17.7. The van der Waals surface area contributed by atoms with Crippen LogP contribution in [0.5, 0.6) is 0 Å². The van der Waals surface area contributed by atoms with Crippen LogP contribution in [-0.2, 0) is 20.0 Å². The third-order valence-corrected chi connectivity index (χ3v) is 6.38. The number of nitrogens with zero attached hydrogens (tertiary/aromatic N) is 2. The van der Waals surface area contributed by atoms with Crippen molar-refractivity contribution in [3.63, 3.8) is 0 Å². The molecule has 3 aromatic rings. The molecule has 156 valence electrons. The van der Waals surface area contributed by atoms with E-state index in [0.717, 1.165) is 15.6 Å². The van der Waals surface area contributed by atoms with E-state index >= 15 is 0 Å². The highest BCUT2D eigenvalue weighted by atomic mass is 32.1.